The van der Waals surface area contributed by atoms with Crippen LogP contribution in [-0.4, -0.2) is 56.2 Å². The van der Waals surface area contributed by atoms with E-state index in [-0.39, 0.29) is 35.0 Å². The second-order valence-corrected chi connectivity index (χ2v) is 11.5. The van der Waals surface area contributed by atoms with Gasteiger partial charge in [-0.15, -0.1) is 28.3 Å². The van der Waals surface area contributed by atoms with E-state index in [0.29, 0.717) is 22.8 Å². The fourth-order valence-electron chi connectivity index (χ4n) is 4.62. The third-order valence-corrected chi connectivity index (χ3v) is 7.60. The summed E-state index contributed by atoms with van der Waals surface area (Å²) in [5, 5.41) is 6.02. The quantitative estimate of drug-likeness (QED) is 0.193. The standard InChI is InChI=1S/C31H29F3N6O4S/c1-19(2)25-14-5-20(3)15-26(25)40-27(41)17-45-29(40)36-30(42)44-38(4)16-21-6-8-22(9-7-21)28-35-18-39(37-28)23-10-12-24(13-11-23)43-31(32,33)34/h5-15,18-19H,16-17H2,1-4H3. The Hall–Kier alpha value is -4.69. The van der Waals surface area contributed by atoms with Gasteiger partial charge in [0.05, 0.1) is 23.7 Å². The lowest BCUT2D eigenvalue weighted by Crippen LogP contribution is -2.31. The minimum Gasteiger partial charge on any atom is -0.406 e. The number of nitrogens with zero attached hydrogens (tertiary/aromatic N) is 6. The van der Waals surface area contributed by atoms with E-state index < -0.39 is 12.5 Å². The molecular weight excluding hydrogens is 609 g/mol. The molecule has 2 heterocycles. The van der Waals surface area contributed by atoms with Crippen molar-refractivity contribution >= 4 is 34.6 Å². The molecule has 0 radical (unpaired) electrons. The molecule has 0 N–H and O–H groups in total. The number of thioether (sulfide) groups is 1. The molecule has 3 aromatic carbocycles. The Morgan fingerprint density at radius 2 is 1.80 bits per heavy atom. The zero-order valence-electron chi connectivity index (χ0n) is 24.8. The molecule has 0 atom stereocenters. The first-order valence-corrected chi connectivity index (χ1v) is 14.8. The van der Waals surface area contributed by atoms with Crippen molar-refractivity contribution in [2.45, 2.75) is 39.6 Å². The third kappa shape index (κ3) is 7.88. The summed E-state index contributed by atoms with van der Waals surface area (Å²) in [5.74, 6) is 0.271. The monoisotopic (exact) mass is 638 g/mol. The predicted octanol–water partition coefficient (Wildman–Crippen LogP) is 6.88. The summed E-state index contributed by atoms with van der Waals surface area (Å²) >= 11 is 1.19. The lowest BCUT2D eigenvalue weighted by molar-refractivity contribution is -0.274. The molecule has 14 heteroatoms. The highest BCUT2D eigenvalue weighted by Gasteiger charge is 2.33. The fourth-order valence-corrected chi connectivity index (χ4v) is 5.47. The number of hydrogen-bond donors (Lipinski definition) is 0. The van der Waals surface area contributed by atoms with Gasteiger partial charge in [-0.1, -0.05) is 62.0 Å². The molecule has 4 aromatic rings. The number of amides is 2. The summed E-state index contributed by atoms with van der Waals surface area (Å²) in [6.45, 7) is 6.29. The number of hydroxylamine groups is 2. The molecule has 1 aromatic heterocycles. The van der Waals surface area contributed by atoms with Crippen molar-refractivity contribution in [2.24, 2.45) is 4.99 Å². The second kappa shape index (κ2) is 13.1. The van der Waals surface area contributed by atoms with Crippen LogP contribution in [0, 0.1) is 6.92 Å². The number of carbonyl (C=O) groups excluding carboxylic acids is 2. The van der Waals surface area contributed by atoms with E-state index in [1.54, 1.807) is 19.2 Å². The van der Waals surface area contributed by atoms with E-state index in [4.69, 9.17) is 4.84 Å². The van der Waals surface area contributed by atoms with Crippen molar-refractivity contribution in [3.8, 4) is 22.8 Å². The van der Waals surface area contributed by atoms with E-state index in [1.165, 1.54) is 57.0 Å². The number of halogens is 3. The number of hydrogen-bond acceptors (Lipinski definition) is 8. The van der Waals surface area contributed by atoms with Gasteiger partial charge in [0.25, 0.3) is 0 Å². The minimum atomic E-state index is -4.77. The molecule has 1 aliphatic rings. The van der Waals surface area contributed by atoms with Gasteiger partial charge in [-0.05, 0) is 59.9 Å². The van der Waals surface area contributed by atoms with Gasteiger partial charge in [-0.25, -0.2) is 14.5 Å². The van der Waals surface area contributed by atoms with Crippen LogP contribution in [0.3, 0.4) is 0 Å². The average molecular weight is 639 g/mol. The topological polar surface area (TPSA) is 102 Å². The molecule has 1 saturated heterocycles. The SMILES string of the molecule is Cc1ccc(C(C)C)c(N2C(=O)CSC2=NC(=O)ON(C)Cc2ccc(-c3ncn(-c4ccc(OC(F)(F)F)cc4)n3)cc2)c1. The number of amidine groups is 1. The van der Waals surface area contributed by atoms with E-state index in [0.717, 1.165) is 16.7 Å². The first-order chi connectivity index (χ1) is 21.4. The number of alkyl halides is 3. The number of aliphatic imine (C=N–C) groups is 1. The zero-order chi connectivity index (χ0) is 32.3. The summed E-state index contributed by atoms with van der Waals surface area (Å²) in [5.41, 5.74) is 4.73. The number of carbonyl (C=O) groups is 2. The fraction of sp³-hybridized carbons (Fsp3) is 0.258. The van der Waals surface area contributed by atoms with Crippen LogP contribution < -0.4 is 9.64 Å². The first kappa shape index (κ1) is 31.7. The molecule has 1 fully saturated rings. The summed E-state index contributed by atoms with van der Waals surface area (Å²) in [4.78, 5) is 40.8. The molecule has 0 unspecified atom stereocenters. The van der Waals surface area contributed by atoms with Gasteiger partial charge in [-0.3, -0.25) is 9.69 Å². The highest BCUT2D eigenvalue weighted by Crippen LogP contribution is 2.34. The van der Waals surface area contributed by atoms with Crippen molar-refractivity contribution in [3.05, 3.63) is 89.7 Å². The number of anilines is 1. The Morgan fingerprint density at radius 1 is 1.09 bits per heavy atom. The maximum absolute atomic E-state index is 12.8. The molecule has 0 saturated carbocycles. The molecule has 45 heavy (non-hydrogen) atoms. The van der Waals surface area contributed by atoms with Gasteiger partial charge in [0.2, 0.25) is 5.91 Å². The van der Waals surface area contributed by atoms with Crippen LogP contribution in [0.15, 0.2) is 78.0 Å². The van der Waals surface area contributed by atoms with Gasteiger partial charge in [0.15, 0.2) is 11.0 Å². The predicted molar refractivity (Wildman–Crippen MR) is 164 cm³/mol. The highest BCUT2D eigenvalue weighted by atomic mass is 32.2. The van der Waals surface area contributed by atoms with Crippen molar-refractivity contribution < 1.29 is 32.3 Å². The maximum Gasteiger partial charge on any atom is 0.573 e. The number of benzene rings is 3. The first-order valence-electron chi connectivity index (χ1n) is 13.8. The van der Waals surface area contributed by atoms with E-state index in [2.05, 4.69) is 19.8 Å². The Bertz CT molecular complexity index is 1720. The van der Waals surface area contributed by atoms with Crippen LogP contribution in [-0.2, 0) is 16.2 Å². The van der Waals surface area contributed by atoms with E-state index in [9.17, 15) is 22.8 Å². The third-order valence-electron chi connectivity index (χ3n) is 6.68. The Labute approximate surface area is 261 Å². The van der Waals surface area contributed by atoms with Gasteiger partial charge >= 0.3 is 12.5 Å². The summed E-state index contributed by atoms with van der Waals surface area (Å²) in [6.07, 6.45) is -4.16. The van der Waals surface area contributed by atoms with Gasteiger partial charge in [0, 0.05) is 12.6 Å². The zero-order valence-corrected chi connectivity index (χ0v) is 25.6. The van der Waals surface area contributed by atoms with Gasteiger partial charge in [0.1, 0.15) is 12.1 Å². The van der Waals surface area contributed by atoms with E-state index >= 15 is 0 Å². The number of aromatic nitrogens is 3. The highest BCUT2D eigenvalue weighted by molar-refractivity contribution is 8.15. The summed E-state index contributed by atoms with van der Waals surface area (Å²) in [6, 6.07) is 18.4. The van der Waals surface area contributed by atoms with Crippen LogP contribution in [0.5, 0.6) is 5.75 Å². The summed E-state index contributed by atoms with van der Waals surface area (Å²) in [7, 11) is 1.60. The van der Waals surface area contributed by atoms with E-state index in [1.807, 2.05) is 51.1 Å². The van der Waals surface area contributed by atoms with Crippen LogP contribution in [0.25, 0.3) is 17.1 Å². The number of rotatable bonds is 8. The largest absolute Gasteiger partial charge is 0.573 e. The maximum atomic E-state index is 12.8. The van der Waals surface area contributed by atoms with Crippen LogP contribution in [0.4, 0.5) is 23.7 Å². The van der Waals surface area contributed by atoms with Crippen molar-refractivity contribution in [1.82, 2.24) is 19.8 Å². The molecule has 5 rings (SSSR count). The van der Waals surface area contributed by atoms with Gasteiger partial charge < -0.3 is 9.57 Å². The molecule has 234 valence electrons. The van der Waals surface area contributed by atoms with Crippen LogP contribution in [0.1, 0.15) is 36.5 Å². The van der Waals surface area contributed by atoms with Crippen LogP contribution in [0.2, 0.25) is 0 Å². The lowest BCUT2D eigenvalue weighted by atomic mass is 9.99. The lowest BCUT2D eigenvalue weighted by Gasteiger charge is -2.22. The minimum absolute atomic E-state index is 0.153. The Morgan fingerprint density at radius 3 is 2.47 bits per heavy atom. The summed E-state index contributed by atoms with van der Waals surface area (Å²) < 4.78 is 42.6. The van der Waals surface area contributed by atoms with Gasteiger partial charge in [-0.2, -0.15) is 0 Å². The Kier molecular flexibility index (Phi) is 9.25. The molecule has 0 bridgehead atoms. The Balaban J connectivity index is 1.20. The molecule has 0 aliphatic carbocycles. The van der Waals surface area contributed by atoms with Crippen molar-refractivity contribution in [3.63, 3.8) is 0 Å². The smallest absolute Gasteiger partial charge is 0.406 e. The molecule has 2 amide bonds. The van der Waals surface area contributed by atoms with Crippen LogP contribution >= 0.6 is 11.8 Å². The second-order valence-electron chi connectivity index (χ2n) is 10.5. The molecular formula is C31H29F3N6O4S. The number of aryl methyl sites for hydroxylation is 1. The molecule has 0 spiro atoms. The molecule has 1 aliphatic heterocycles. The normalized spacial score (nSPS) is 14.6. The van der Waals surface area contributed by atoms with Crippen molar-refractivity contribution in [2.75, 3.05) is 17.7 Å². The van der Waals surface area contributed by atoms with Crippen molar-refractivity contribution in [1.29, 1.82) is 0 Å². The average Bonchev–Trinajstić information content (AvgIpc) is 3.60. The number of ether oxygens (including phenoxy) is 1. The molecule has 10 nitrogen and oxygen atoms in total.